The van der Waals surface area contributed by atoms with Gasteiger partial charge in [0.1, 0.15) is 0 Å². The van der Waals surface area contributed by atoms with Crippen LogP contribution < -0.4 is 4.90 Å². The monoisotopic (exact) mass is 415 g/mol. The Hall–Kier alpha value is -1.59. The van der Waals surface area contributed by atoms with Crippen LogP contribution in [0.4, 0.5) is 5.69 Å². The fraction of sp³-hybridized carbons (Fsp3) is 0.720. The summed E-state index contributed by atoms with van der Waals surface area (Å²) in [7, 11) is 0. The van der Waals surface area contributed by atoms with E-state index in [9.17, 15) is 4.79 Å². The molecule has 0 N–H and O–H groups in total. The number of ether oxygens (including phenoxy) is 1. The van der Waals surface area contributed by atoms with Gasteiger partial charge in [0.25, 0.3) is 0 Å². The highest BCUT2D eigenvalue weighted by molar-refractivity contribution is 5.73. The number of piperazine rings is 1. The zero-order valence-corrected chi connectivity index (χ0v) is 19.3. The van der Waals surface area contributed by atoms with Gasteiger partial charge in [-0.3, -0.25) is 9.69 Å². The van der Waals surface area contributed by atoms with Crippen LogP contribution in [0.3, 0.4) is 0 Å². The van der Waals surface area contributed by atoms with Crippen LogP contribution in [-0.4, -0.2) is 74.2 Å². The summed E-state index contributed by atoms with van der Waals surface area (Å²) in [4.78, 5) is 19.5. The largest absolute Gasteiger partial charge is 0.466 e. The van der Waals surface area contributed by atoms with E-state index in [0.717, 1.165) is 24.6 Å². The molecule has 0 atom stereocenters. The Kier molecular flexibility index (Phi) is 9.01. The van der Waals surface area contributed by atoms with E-state index in [1.165, 1.54) is 64.1 Å². The fourth-order valence-electron chi connectivity index (χ4n) is 4.83. The number of carbonyl (C=O) groups is 1. The zero-order valence-electron chi connectivity index (χ0n) is 19.3. The van der Waals surface area contributed by atoms with Crippen molar-refractivity contribution in [1.29, 1.82) is 0 Å². The first-order valence-electron chi connectivity index (χ1n) is 12.0. The van der Waals surface area contributed by atoms with Crippen LogP contribution in [-0.2, 0) is 16.0 Å². The van der Waals surface area contributed by atoms with E-state index < -0.39 is 0 Å². The van der Waals surface area contributed by atoms with E-state index in [1.807, 2.05) is 13.0 Å². The first-order valence-corrected chi connectivity index (χ1v) is 12.0. The topological polar surface area (TPSA) is 36.0 Å². The molecule has 0 spiro atoms. The Morgan fingerprint density at radius 1 is 1.10 bits per heavy atom. The molecule has 5 heteroatoms. The highest BCUT2D eigenvalue weighted by atomic mass is 16.5. The van der Waals surface area contributed by atoms with Crippen LogP contribution in [0.25, 0.3) is 0 Å². The maximum absolute atomic E-state index is 11.8. The summed E-state index contributed by atoms with van der Waals surface area (Å²) in [6, 6.07) is 9.10. The number of anilines is 1. The molecule has 0 amide bonds. The van der Waals surface area contributed by atoms with Crippen molar-refractivity contribution in [2.24, 2.45) is 5.92 Å². The van der Waals surface area contributed by atoms with Gasteiger partial charge in [-0.2, -0.15) is 0 Å². The molecule has 1 aromatic carbocycles. The zero-order chi connectivity index (χ0) is 21.3. The lowest BCUT2D eigenvalue weighted by atomic mass is 9.91. The average Bonchev–Trinajstić information content (AvgIpc) is 2.75. The van der Waals surface area contributed by atoms with Crippen molar-refractivity contribution in [3.8, 4) is 0 Å². The third-order valence-electron chi connectivity index (χ3n) is 6.77. The van der Waals surface area contributed by atoms with Crippen LogP contribution in [0.15, 0.2) is 24.3 Å². The minimum absolute atomic E-state index is 0.140. The quantitative estimate of drug-likeness (QED) is 0.573. The number of rotatable bonds is 9. The van der Waals surface area contributed by atoms with Crippen LogP contribution >= 0.6 is 0 Å². The van der Waals surface area contributed by atoms with Gasteiger partial charge in [-0.15, -0.1) is 0 Å². The smallest absolute Gasteiger partial charge is 0.310 e. The van der Waals surface area contributed by atoms with Crippen LogP contribution in [0.2, 0.25) is 0 Å². The summed E-state index contributed by atoms with van der Waals surface area (Å²) in [5, 5.41) is 0. The van der Waals surface area contributed by atoms with Crippen LogP contribution in [0.1, 0.15) is 52.0 Å². The van der Waals surface area contributed by atoms with E-state index in [-0.39, 0.29) is 5.97 Å². The minimum atomic E-state index is -0.140. The second kappa shape index (κ2) is 11.7. The predicted molar refractivity (Wildman–Crippen MR) is 124 cm³/mol. The van der Waals surface area contributed by atoms with Crippen molar-refractivity contribution >= 4 is 11.7 Å². The van der Waals surface area contributed by atoms with Gasteiger partial charge in [0, 0.05) is 51.0 Å². The number of piperidine rings is 1. The highest BCUT2D eigenvalue weighted by Gasteiger charge is 2.21. The Morgan fingerprint density at radius 3 is 2.50 bits per heavy atom. The van der Waals surface area contributed by atoms with Gasteiger partial charge < -0.3 is 14.5 Å². The molecule has 2 saturated heterocycles. The molecule has 1 aromatic rings. The summed E-state index contributed by atoms with van der Waals surface area (Å²) in [6.07, 6.45) is 5.62. The van der Waals surface area contributed by atoms with Gasteiger partial charge in [0.05, 0.1) is 13.0 Å². The van der Waals surface area contributed by atoms with E-state index in [0.29, 0.717) is 19.1 Å². The van der Waals surface area contributed by atoms with Crippen molar-refractivity contribution < 1.29 is 9.53 Å². The lowest BCUT2D eigenvalue weighted by Gasteiger charge is -2.37. The molecule has 2 fully saturated rings. The molecule has 0 aliphatic carbocycles. The second-order valence-corrected chi connectivity index (χ2v) is 9.20. The molecule has 2 aliphatic heterocycles. The number of hydrogen-bond acceptors (Lipinski definition) is 5. The van der Waals surface area contributed by atoms with Gasteiger partial charge in [0.15, 0.2) is 0 Å². The molecule has 168 valence electrons. The summed E-state index contributed by atoms with van der Waals surface area (Å²) in [5.74, 6) is 0.722. The van der Waals surface area contributed by atoms with Gasteiger partial charge >= 0.3 is 5.97 Å². The first-order chi connectivity index (χ1) is 14.5. The lowest BCUT2D eigenvalue weighted by Crippen LogP contribution is -2.49. The SMILES string of the molecule is CCOC(=O)Cc1cccc(N2CCC(CCCN3CCN(C(C)C)CC3)CC2)c1. The molecular weight excluding hydrogens is 374 g/mol. The first kappa shape index (κ1) is 23.1. The number of benzene rings is 1. The highest BCUT2D eigenvalue weighted by Crippen LogP contribution is 2.27. The Morgan fingerprint density at radius 2 is 1.83 bits per heavy atom. The standard InChI is InChI=1S/C25H41N3O2/c1-4-30-25(29)20-23-7-5-9-24(19-23)28-13-10-22(11-14-28)8-6-12-26-15-17-27(18-16-26)21(2)3/h5,7,9,19,21-22H,4,6,8,10-18,20H2,1-3H3. The summed E-state index contributed by atoms with van der Waals surface area (Å²) < 4.78 is 5.08. The molecule has 0 radical (unpaired) electrons. The molecule has 0 unspecified atom stereocenters. The van der Waals surface area contributed by atoms with E-state index in [4.69, 9.17) is 4.74 Å². The normalized spacial score (nSPS) is 19.4. The molecule has 0 saturated carbocycles. The van der Waals surface area contributed by atoms with Crippen molar-refractivity contribution in [1.82, 2.24) is 9.80 Å². The Bertz CT molecular complexity index is 648. The average molecular weight is 416 g/mol. The van der Waals surface area contributed by atoms with E-state index >= 15 is 0 Å². The molecule has 5 nitrogen and oxygen atoms in total. The minimum Gasteiger partial charge on any atom is -0.466 e. The van der Waals surface area contributed by atoms with Gasteiger partial charge in [0.2, 0.25) is 0 Å². The van der Waals surface area contributed by atoms with Crippen LogP contribution in [0, 0.1) is 5.92 Å². The molecule has 30 heavy (non-hydrogen) atoms. The summed E-state index contributed by atoms with van der Waals surface area (Å²) in [5.41, 5.74) is 2.30. The van der Waals surface area contributed by atoms with Gasteiger partial charge in [-0.05, 0) is 76.6 Å². The third-order valence-corrected chi connectivity index (χ3v) is 6.77. The van der Waals surface area contributed by atoms with Crippen molar-refractivity contribution in [3.63, 3.8) is 0 Å². The van der Waals surface area contributed by atoms with Gasteiger partial charge in [-0.1, -0.05) is 12.1 Å². The molecule has 0 aromatic heterocycles. The molecule has 2 heterocycles. The van der Waals surface area contributed by atoms with Crippen molar-refractivity contribution in [2.75, 3.05) is 57.3 Å². The molecule has 2 aliphatic rings. The third kappa shape index (κ3) is 6.98. The summed E-state index contributed by atoms with van der Waals surface area (Å²) in [6.45, 7) is 15.3. The van der Waals surface area contributed by atoms with E-state index in [1.54, 1.807) is 0 Å². The number of esters is 1. The molecular formula is C25H41N3O2. The molecule has 3 rings (SSSR count). The van der Waals surface area contributed by atoms with Crippen LogP contribution in [0.5, 0.6) is 0 Å². The summed E-state index contributed by atoms with van der Waals surface area (Å²) >= 11 is 0. The maximum Gasteiger partial charge on any atom is 0.310 e. The predicted octanol–water partition coefficient (Wildman–Crippen LogP) is 3.81. The molecule has 0 bridgehead atoms. The number of nitrogens with zero attached hydrogens (tertiary/aromatic N) is 3. The van der Waals surface area contributed by atoms with E-state index in [2.05, 4.69) is 46.7 Å². The second-order valence-electron chi connectivity index (χ2n) is 9.20. The fourth-order valence-corrected chi connectivity index (χ4v) is 4.83. The maximum atomic E-state index is 11.8. The van der Waals surface area contributed by atoms with Gasteiger partial charge in [-0.25, -0.2) is 0 Å². The Labute approximate surface area is 183 Å². The number of hydrogen-bond donors (Lipinski definition) is 0. The van der Waals surface area contributed by atoms with Crippen molar-refractivity contribution in [3.05, 3.63) is 29.8 Å². The van der Waals surface area contributed by atoms with Crippen molar-refractivity contribution in [2.45, 2.75) is 58.9 Å². The Balaban J connectivity index is 1.35. The lowest BCUT2D eigenvalue weighted by molar-refractivity contribution is -0.142. The number of carbonyl (C=O) groups excluding carboxylic acids is 1.